The van der Waals surface area contributed by atoms with Gasteiger partial charge in [0, 0.05) is 21.1 Å². The van der Waals surface area contributed by atoms with Crippen LogP contribution in [0.15, 0.2) is 57.9 Å². The molecule has 0 radical (unpaired) electrons. The van der Waals surface area contributed by atoms with Gasteiger partial charge in [0.05, 0.1) is 11.2 Å². The molecule has 110 valence electrons. The number of H-pyrrole nitrogens is 1. The fourth-order valence-corrected chi connectivity index (χ4v) is 2.67. The maximum Gasteiger partial charge on any atom is 0.261 e. The molecule has 2 aromatic carbocycles. The first-order valence-electron chi connectivity index (χ1n) is 6.43. The number of carbonyl (C=O) groups excluding carboxylic acids is 1. The topological polar surface area (TPSA) is 62.0 Å². The van der Waals surface area contributed by atoms with E-state index in [1.54, 1.807) is 30.3 Å². The molecule has 0 bridgehead atoms. The van der Waals surface area contributed by atoms with Gasteiger partial charge >= 0.3 is 0 Å². The van der Waals surface area contributed by atoms with E-state index in [4.69, 9.17) is 11.6 Å². The van der Waals surface area contributed by atoms with Crippen LogP contribution in [-0.2, 0) is 0 Å². The molecule has 4 nitrogen and oxygen atoms in total. The number of nitrogens with one attached hydrogen (secondary N) is 2. The summed E-state index contributed by atoms with van der Waals surface area (Å²) in [6.07, 6.45) is 1.40. The molecule has 0 fully saturated rings. The predicted octanol–water partition coefficient (Wildman–Crippen LogP) is 4.20. The van der Waals surface area contributed by atoms with Crippen LogP contribution in [-0.4, -0.2) is 10.9 Å². The molecule has 0 aliphatic carbocycles. The Balaban J connectivity index is 2.01. The van der Waals surface area contributed by atoms with Crippen molar-refractivity contribution in [2.45, 2.75) is 0 Å². The molecule has 1 amide bonds. The normalized spacial score (nSPS) is 10.6. The standard InChI is InChI=1S/C16H10BrClN2O2/c17-12-3-1-2-4-13(12)20-16(22)11-8-19-14-7-9(18)5-6-10(14)15(11)21/h1-8H,(H,19,21)(H,20,22). The van der Waals surface area contributed by atoms with Gasteiger partial charge in [-0.15, -0.1) is 0 Å². The SMILES string of the molecule is O=C(Nc1ccccc1Br)c1c[nH]c2cc(Cl)ccc2c1=O. The zero-order valence-corrected chi connectivity index (χ0v) is 13.5. The minimum Gasteiger partial charge on any atom is -0.360 e. The summed E-state index contributed by atoms with van der Waals surface area (Å²) in [5.74, 6) is -0.468. The summed E-state index contributed by atoms with van der Waals surface area (Å²) in [5.41, 5.74) is 0.901. The highest BCUT2D eigenvalue weighted by atomic mass is 79.9. The average molecular weight is 378 g/mol. The van der Waals surface area contributed by atoms with E-state index in [0.717, 1.165) is 4.47 Å². The van der Waals surface area contributed by atoms with Crippen molar-refractivity contribution in [3.05, 3.63) is 73.9 Å². The molecule has 1 heterocycles. The molecule has 22 heavy (non-hydrogen) atoms. The number of rotatable bonds is 2. The second kappa shape index (κ2) is 5.94. The van der Waals surface area contributed by atoms with Gasteiger partial charge in [0.25, 0.3) is 5.91 Å². The third-order valence-electron chi connectivity index (χ3n) is 3.21. The van der Waals surface area contributed by atoms with Crippen molar-refractivity contribution in [3.8, 4) is 0 Å². The maximum atomic E-state index is 12.4. The number of aromatic nitrogens is 1. The largest absolute Gasteiger partial charge is 0.360 e. The maximum absolute atomic E-state index is 12.4. The van der Waals surface area contributed by atoms with Crippen LogP contribution in [0.5, 0.6) is 0 Å². The van der Waals surface area contributed by atoms with Gasteiger partial charge in [-0.05, 0) is 46.3 Å². The molecule has 3 rings (SSSR count). The number of hydrogen-bond donors (Lipinski definition) is 2. The number of halogens is 2. The minimum absolute atomic E-state index is 0.0468. The fraction of sp³-hybridized carbons (Fsp3) is 0. The Kier molecular flexibility index (Phi) is 4.00. The summed E-state index contributed by atoms with van der Waals surface area (Å²) in [5, 5.41) is 3.65. The van der Waals surface area contributed by atoms with E-state index < -0.39 is 5.91 Å². The molecule has 0 aliphatic heterocycles. The highest BCUT2D eigenvalue weighted by Crippen LogP contribution is 2.22. The number of benzene rings is 2. The molecule has 3 aromatic rings. The van der Waals surface area contributed by atoms with Gasteiger partial charge in [0.1, 0.15) is 5.56 Å². The fourth-order valence-electron chi connectivity index (χ4n) is 2.12. The van der Waals surface area contributed by atoms with Crippen LogP contribution >= 0.6 is 27.5 Å². The van der Waals surface area contributed by atoms with Gasteiger partial charge in [-0.1, -0.05) is 23.7 Å². The van der Waals surface area contributed by atoms with E-state index in [1.165, 1.54) is 6.20 Å². The number of para-hydroxylation sites is 1. The second-order valence-corrected chi connectivity index (χ2v) is 5.95. The number of fused-ring (bicyclic) bond motifs is 1. The summed E-state index contributed by atoms with van der Waals surface area (Å²) in [7, 11) is 0. The molecule has 0 saturated carbocycles. The van der Waals surface area contributed by atoms with Crippen molar-refractivity contribution in [2.75, 3.05) is 5.32 Å². The van der Waals surface area contributed by atoms with Crippen LogP contribution in [0.3, 0.4) is 0 Å². The number of pyridine rings is 1. The minimum atomic E-state index is -0.468. The van der Waals surface area contributed by atoms with E-state index in [2.05, 4.69) is 26.2 Å². The van der Waals surface area contributed by atoms with Gasteiger partial charge in [-0.2, -0.15) is 0 Å². The zero-order chi connectivity index (χ0) is 15.7. The third kappa shape index (κ3) is 2.77. The van der Waals surface area contributed by atoms with Crippen molar-refractivity contribution in [2.24, 2.45) is 0 Å². The Morgan fingerprint density at radius 3 is 2.73 bits per heavy atom. The van der Waals surface area contributed by atoms with Gasteiger partial charge in [-0.3, -0.25) is 9.59 Å². The van der Waals surface area contributed by atoms with Gasteiger partial charge in [0.15, 0.2) is 0 Å². The summed E-state index contributed by atoms with van der Waals surface area (Å²) in [6.45, 7) is 0. The van der Waals surface area contributed by atoms with E-state index in [0.29, 0.717) is 21.6 Å². The van der Waals surface area contributed by atoms with Crippen LogP contribution in [0.4, 0.5) is 5.69 Å². The van der Waals surface area contributed by atoms with Crippen molar-refractivity contribution >= 4 is 50.0 Å². The summed E-state index contributed by atoms with van der Waals surface area (Å²) in [6, 6.07) is 12.1. The Hall–Kier alpha value is -2.11. The van der Waals surface area contributed by atoms with E-state index in [-0.39, 0.29) is 11.0 Å². The van der Waals surface area contributed by atoms with Gasteiger partial charge in [-0.25, -0.2) is 0 Å². The molecule has 1 aromatic heterocycles. The molecule has 2 N–H and O–H groups in total. The predicted molar refractivity (Wildman–Crippen MR) is 91.7 cm³/mol. The number of carbonyl (C=O) groups is 1. The van der Waals surface area contributed by atoms with Crippen LogP contribution < -0.4 is 10.7 Å². The molecule has 0 atom stereocenters. The van der Waals surface area contributed by atoms with Gasteiger partial charge < -0.3 is 10.3 Å². The summed E-state index contributed by atoms with van der Waals surface area (Å²) >= 11 is 9.24. The Labute approximate surface area is 139 Å². The molecular weight excluding hydrogens is 368 g/mol. The van der Waals surface area contributed by atoms with E-state index in [9.17, 15) is 9.59 Å². The molecule has 6 heteroatoms. The number of hydrogen-bond acceptors (Lipinski definition) is 2. The highest BCUT2D eigenvalue weighted by Gasteiger charge is 2.14. The molecular formula is C16H10BrClN2O2. The van der Waals surface area contributed by atoms with Crippen LogP contribution in [0, 0.1) is 0 Å². The summed E-state index contributed by atoms with van der Waals surface area (Å²) < 4.78 is 0.743. The van der Waals surface area contributed by atoms with Crippen molar-refractivity contribution in [1.82, 2.24) is 4.98 Å². The zero-order valence-electron chi connectivity index (χ0n) is 11.2. The van der Waals surface area contributed by atoms with Crippen LogP contribution in [0.2, 0.25) is 5.02 Å². The first kappa shape index (κ1) is 14.8. The van der Waals surface area contributed by atoms with Crippen molar-refractivity contribution in [3.63, 3.8) is 0 Å². The molecule has 0 saturated heterocycles. The van der Waals surface area contributed by atoms with Crippen molar-refractivity contribution in [1.29, 1.82) is 0 Å². The first-order chi connectivity index (χ1) is 10.6. The van der Waals surface area contributed by atoms with Crippen LogP contribution in [0.1, 0.15) is 10.4 Å². The lowest BCUT2D eigenvalue weighted by molar-refractivity contribution is 0.102. The monoisotopic (exact) mass is 376 g/mol. The smallest absolute Gasteiger partial charge is 0.261 e. The number of aromatic amines is 1. The lowest BCUT2D eigenvalue weighted by Crippen LogP contribution is -2.22. The summed E-state index contributed by atoms with van der Waals surface area (Å²) in [4.78, 5) is 27.7. The third-order valence-corrected chi connectivity index (χ3v) is 4.14. The lowest BCUT2D eigenvalue weighted by atomic mass is 10.1. The second-order valence-electron chi connectivity index (χ2n) is 4.66. The quantitative estimate of drug-likeness (QED) is 0.703. The Morgan fingerprint density at radius 2 is 1.95 bits per heavy atom. The Bertz CT molecular complexity index is 937. The van der Waals surface area contributed by atoms with Crippen molar-refractivity contribution < 1.29 is 4.79 Å². The highest BCUT2D eigenvalue weighted by molar-refractivity contribution is 9.10. The molecule has 0 aliphatic rings. The lowest BCUT2D eigenvalue weighted by Gasteiger charge is -2.07. The Morgan fingerprint density at radius 1 is 1.18 bits per heavy atom. The molecule has 0 unspecified atom stereocenters. The average Bonchev–Trinajstić information content (AvgIpc) is 2.49. The van der Waals surface area contributed by atoms with E-state index >= 15 is 0 Å². The number of anilines is 1. The molecule has 0 spiro atoms. The van der Waals surface area contributed by atoms with Crippen LogP contribution in [0.25, 0.3) is 10.9 Å². The first-order valence-corrected chi connectivity index (χ1v) is 7.60. The number of amides is 1. The van der Waals surface area contributed by atoms with E-state index in [1.807, 2.05) is 12.1 Å². The van der Waals surface area contributed by atoms with Gasteiger partial charge in [0.2, 0.25) is 5.43 Å².